The molecule has 1 aromatic carbocycles. The topological polar surface area (TPSA) is 100 Å². The summed E-state index contributed by atoms with van der Waals surface area (Å²) in [7, 11) is -0.426. The van der Waals surface area contributed by atoms with Gasteiger partial charge in [0.25, 0.3) is 0 Å². The molecular formula is C18H28N4O4S. The number of hydrogen-bond donors (Lipinski definition) is 2. The molecule has 0 bridgehead atoms. The molecule has 9 heteroatoms. The van der Waals surface area contributed by atoms with Crippen molar-refractivity contribution >= 4 is 22.0 Å². The molecule has 1 aliphatic heterocycles. The van der Waals surface area contributed by atoms with Crippen LogP contribution in [0.1, 0.15) is 18.4 Å². The van der Waals surface area contributed by atoms with Crippen molar-refractivity contribution in [3.05, 3.63) is 29.8 Å². The van der Waals surface area contributed by atoms with Crippen LogP contribution in [0.3, 0.4) is 0 Å². The predicted octanol–water partition coefficient (Wildman–Crippen LogP) is 0.734. The van der Waals surface area contributed by atoms with Gasteiger partial charge in [-0.2, -0.15) is 0 Å². The lowest BCUT2D eigenvalue weighted by Gasteiger charge is -2.33. The number of benzene rings is 1. The van der Waals surface area contributed by atoms with E-state index in [-0.39, 0.29) is 23.3 Å². The second kappa shape index (κ2) is 9.70. The van der Waals surface area contributed by atoms with Gasteiger partial charge in [0, 0.05) is 33.2 Å². The van der Waals surface area contributed by atoms with Crippen LogP contribution < -0.4 is 10.0 Å². The summed E-state index contributed by atoms with van der Waals surface area (Å²) in [6.45, 7) is 3.97. The zero-order valence-electron chi connectivity index (χ0n) is 16.1. The first kappa shape index (κ1) is 21.2. The van der Waals surface area contributed by atoms with Gasteiger partial charge in [-0.3, -0.25) is 9.79 Å². The van der Waals surface area contributed by atoms with Crippen molar-refractivity contribution < 1.29 is 17.9 Å². The predicted molar refractivity (Wildman–Crippen MR) is 104 cm³/mol. The summed E-state index contributed by atoms with van der Waals surface area (Å²) in [5, 5.41) is 3.16. The summed E-state index contributed by atoms with van der Waals surface area (Å²) in [6.07, 6.45) is 1.43. The molecule has 0 amide bonds. The number of esters is 1. The number of aliphatic imine (C=N–C) groups is 1. The zero-order chi connectivity index (χ0) is 19.9. The first-order valence-corrected chi connectivity index (χ1v) is 10.5. The number of rotatable bonds is 6. The molecule has 8 nitrogen and oxygen atoms in total. The first-order chi connectivity index (χ1) is 12.9. The molecular weight excluding hydrogens is 368 g/mol. The average Bonchev–Trinajstić information content (AvgIpc) is 2.68. The number of guanidine groups is 1. The lowest BCUT2D eigenvalue weighted by molar-refractivity contribution is -0.146. The molecule has 0 atom stereocenters. The van der Waals surface area contributed by atoms with Crippen LogP contribution in [-0.2, 0) is 19.6 Å². The Kier molecular flexibility index (Phi) is 7.61. The van der Waals surface area contributed by atoms with Crippen molar-refractivity contribution in [2.45, 2.75) is 24.7 Å². The van der Waals surface area contributed by atoms with Gasteiger partial charge in [0.15, 0.2) is 5.96 Å². The summed E-state index contributed by atoms with van der Waals surface area (Å²) in [5.41, 5.74) is 1.01. The van der Waals surface area contributed by atoms with E-state index in [2.05, 4.69) is 19.9 Å². The zero-order valence-corrected chi connectivity index (χ0v) is 16.9. The number of sulfonamides is 1. The minimum Gasteiger partial charge on any atom is -0.469 e. The monoisotopic (exact) mass is 396 g/mol. The van der Waals surface area contributed by atoms with E-state index in [1.807, 2.05) is 6.92 Å². The van der Waals surface area contributed by atoms with E-state index in [9.17, 15) is 13.2 Å². The second-order valence-electron chi connectivity index (χ2n) is 6.47. The number of aryl methyl sites for hydroxylation is 1. The maximum Gasteiger partial charge on any atom is 0.308 e. The first-order valence-electron chi connectivity index (χ1n) is 8.97. The van der Waals surface area contributed by atoms with E-state index in [0.717, 1.165) is 5.56 Å². The molecule has 1 saturated heterocycles. The number of nitrogens with zero attached hydrogens (tertiary/aromatic N) is 2. The van der Waals surface area contributed by atoms with Crippen LogP contribution in [0.15, 0.2) is 34.2 Å². The lowest BCUT2D eigenvalue weighted by atomic mass is 9.97. The van der Waals surface area contributed by atoms with Crippen LogP contribution >= 0.6 is 0 Å². The molecule has 0 aromatic heterocycles. The number of methoxy groups -OCH3 is 1. The van der Waals surface area contributed by atoms with Crippen LogP contribution in [-0.4, -0.2) is 65.6 Å². The fraction of sp³-hybridized carbons (Fsp3) is 0.556. The van der Waals surface area contributed by atoms with E-state index in [0.29, 0.717) is 38.4 Å². The standard InChI is InChI=1S/C18H28N4O4S/c1-14-4-6-16(7-5-14)27(24,25)21-11-10-20-18(19-2)22-12-8-15(9-13-22)17(23)26-3/h4-7,15,21H,8-13H2,1-3H3,(H,19,20). The highest BCUT2D eigenvalue weighted by Gasteiger charge is 2.26. The quantitative estimate of drug-likeness (QED) is 0.318. The van der Waals surface area contributed by atoms with Gasteiger partial charge in [-0.25, -0.2) is 13.1 Å². The lowest BCUT2D eigenvalue weighted by Crippen LogP contribution is -2.48. The molecule has 1 fully saturated rings. The summed E-state index contributed by atoms with van der Waals surface area (Å²) in [5.74, 6) is 0.474. The SMILES string of the molecule is CN=C(NCCNS(=O)(=O)c1ccc(C)cc1)N1CCC(C(=O)OC)CC1. The Morgan fingerprint density at radius 2 is 1.85 bits per heavy atom. The third-order valence-corrected chi connectivity index (χ3v) is 6.05. The molecule has 0 spiro atoms. The average molecular weight is 397 g/mol. The van der Waals surface area contributed by atoms with E-state index in [1.54, 1.807) is 31.3 Å². The van der Waals surface area contributed by atoms with Crippen molar-refractivity contribution in [2.24, 2.45) is 10.9 Å². The molecule has 1 aromatic rings. The summed E-state index contributed by atoms with van der Waals surface area (Å²) in [4.78, 5) is 18.2. The fourth-order valence-electron chi connectivity index (χ4n) is 2.99. The van der Waals surface area contributed by atoms with Crippen molar-refractivity contribution in [1.29, 1.82) is 0 Å². The van der Waals surface area contributed by atoms with Crippen molar-refractivity contribution in [3.8, 4) is 0 Å². The number of nitrogens with one attached hydrogen (secondary N) is 2. The number of carbonyl (C=O) groups is 1. The highest BCUT2D eigenvalue weighted by Crippen LogP contribution is 2.18. The molecule has 0 saturated carbocycles. The molecule has 2 N–H and O–H groups in total. The minimum absolute atomic E-state index is 0.0642. The summed E-state index contributed by atoms with van der Waals surface area (Å²) >= 11 is 0. The Morgan fingerprint density at radius 3 is 2.41 bits per heavy atom. The van der Waals surface area contributed by atoms with Gasteiger partial charge in [0.1, 0.15) is 0 Å². The van der Waals surface area contributed by atoms with E-state index in [1.165, 1.54) is 7.11 Å². The van der Waals surface area contributed by atoms with Gasteiger partial charge in [0.2, 0.25) is 10.0 Å². The van der Waals surface area contributed by atoms with Crippen LogP contribution in [0.2, 0.25) is 0 Å². The van der Waals surface area contributed by atoms with Crippen molar-refractivity contribution in [3.63, 3.8) is 0 Å². The van der Waals surface area contributed by atoms with E-state index in [4.69, 9.17) is 4.74 Å². The van der Waals surface area contributed by atoms with Crippen LogP contribution in [0.4, 0.5) is 0 Å². The van der Waals surface area contributed by atoms with Gasteiger partial charge in [-0.15, -0.1) is 0 Å². The highest BCUT2D eigenvalue weighted by molar-refractivity contribution is 7.89. The molecule has 27 heavy (non-hydrogen) atoms. The highest BCUT2D eigenvalue weighted by atomic mass is 32.2. The van der Waals surface area contributed by atoms with E-state index >= 15 is 0 Å². The molecule has 2 rings (SSSR count). The Morgan fingerprint density at radius 1 is 1.22 bits per heavy atom. The fourth-order valence-corrected chi connectivity index (χ4v) is 4.02. The van der Waals surface area contributed by atoms with E-state index < -0.39 is 10.0 Å². The third kappa shape index (κ3) is 5.93. The molecule has 0 radical (unpaired) electrons. The summed E-state index contributed by atoms with van der Waals surface area (Å²) < 4.78 is 31.9. The molecule has 0 unspecified atom stereocenters. The number of likely N-dealkylation sites (tertiary alicyclic amines) is 1. The molecule has 0 aliphatic carbocycles. The number of piperidine rings is 1. The molecule has 1 heterocycles. The van der Waals surface area contributed by atoms with Gasteiger partial charge < -0.3 is 15.0 Å². The Labute approximate surface area is 161 Å². The number of carbonyl (C=O) groups excluding carboxylic acids is 1. The smallest absolute Gasteiger partial charge is 0.308 e. The van der Waals surface area contributed by atoms with Crippen LogP contribution in [0.5, 0.6) is 0 Å². The van der Waals surface area contributed by atoms with Crippen molar-refractivity contribution in [1.82, 2.24) is 14.9 Å². The van der Waals surface area contributed by atoms with Crippen LogP contribution in [0, 0.1) is 12.8 Å². The van der Waals surface area contributed by atoms with Gasteiger partial charge >= 0.3 is 5.97 Å². The van der Waals surface area contributed by atoms with Crippen LogP contribution in [0.25, 0.3) is 0 Å². The van der Waals surface area contributed by atoms with Gasteiger partial charge in [-0.1, -0.05) is 17.7 Å². The maximum absolute atomic E-state index is 12.3. The Hall–Kier alpha value is -2.13. The molecule has 150 valence electrons. The second-order valence-corrected chi connectivity index (χ2v) is 8.24. The Bertz CT molecular complexity index is 754. The van der Waals surface area contributed by atoms with Crippen molar-refractivity contribution in [2.75, 3.05) is 40.3 Å². The molecule has 1 aliphatic rings. The largest absolute Gasteiger partial charge is 0.469 e. The van der Waals surface area contributed by atoms with Gasteiger partial charge in [0.05, 0.1) is 17.9 Å². The Balaban J connectivity index is 1.78. The maximum atomic E-state index is 12.3. The normalized spacial score (nSPS) is 16.3. The van der Waals surface area contributed by atoms with Gasteiger partial charge in [-0.05, 0) is 31.9 Å². The summed E-state index contributed by atoms with van der Waals surface area (Å²) in [6, 6.07) is 6.73. The number of ether oxygens (including phenoxy) is 1. The number of hydrogen-bond acceptors (Lipinski definition) is 5. The minimum atomic E-state index is -3.52. The third-order valence-electron chi connectivity index (χ3n) is 4.57.